The third-order valence-electron chi connectivity index (χ3n) is 3.96. The van der Waals surface area contributed by atoms with E-state index < -0.39 is 0 Å². The number of rotatable bonds is 6. The second kappa shape index (κ2) is 9.06. The van der Waals surface area contributed by atoms with Crippen molar-refractivity contribution in [2.24, 2.45) is 4.99 Å². The minimum Gasteiger partial charge on any atom is -0.497 e. The van der Waals surface area contributed by atoms with E-state index >= 15 is 0 Å². The molecule has 0 spiro atoms. The molecule has 1 aliphatic heterocycles. The highest BCUT2D eigenvalue weighted by atomic mass is 32.2. The number of amides is 1. The van der Waals surface area contributed by atoms with Crippen LogP contribution in [0.2, 0.25) is 0 Å². The van der Waals surface area contributed by atoms with E-state index in [9.17, 15) is 4.79 Å². The number of carbonyl (C=O) groups excluding carboxylic acids is 1. The van der Waals surface area contributed by atoms with E-state index in [0.717, 1.165) is 16.9 Å². The zero-order chi connectivity index (χ0) is 19.1. The highest BCUT2D eigenvalue weighted by Gasteiger charge is 2.30. The molecular weight excluding hydrogens is 358 g/mol. The normalized spacial score (nSPS) is 15.0. The highest BCUT2D eigenvalue weighted by molar-refractivity contribution is 8.13. The Morgan fingerprint density at radius 3 is 2.59 bits per heavy atom. The van der Waals surface area contributed by atoms with Crippen molar-refractivity contribution in [3.8, 4) is 11.8 Å². The zero-order valence-electron chi connectivity index (χ0n) is 15.0. The largest absolute Gasteiger partial charge is 0.497 e. The maximum atomic E-state index is 12.9. The number of benzene rings is 2. The Kier molecular flexibility index (Phi) is 6.29. The van der Waals surface area contributed by atoms with Gasteiger partial charge in [-0.2, -0.15) is 5.26 Å². The average molecular weight is 377 g/mol. The first kappa shape index (κ1) is 18.7. The quantitative estimate of drug-likeness (QED) is 0.562. The van der Waals surface area contributed by atoms with Gasteiger partial charge in [0.15, 0.2) is 5.17 Å². The number of hydrogen-bond donors (Lipinski definition) is 0. The minimum atomic E-state index is -0.130. The summed E-state index contributed by atoms with van der Waals surface area (Å²) in [5.41, 5.74) is 2.31. The van der Waals surface area contributed by atoms with Gasteiger partial charge in [0.25, 0.3) is 5.91 Å². The van der Waals surface area contributed by atoms with Crippen molar-refractivity contribution >= 4 is 28.9 Å². The van der Waals surface area contributed by atoms with Crippen LogP contribution in [0.1, 0.15) is 17.5 Å². The maximum absolute atomic E-state index is 12.9. The molecule has 0 radical (unpaired) electrons. The summed E-state index contributed by atoms with van der Waals surface area (Å²) >= 11 is 1.43. The lowest BCUT2D eigenvalue weighted by molar-refractivity contribution is -0.122. The highest BCUT2D eigenvalue weighted by Crippen LogP contribution is 2.26. The van der Waals surface area contributed by atoms with Gasteiger partial charge in [-0.15, -0.1) is 0 Å². The van der Waals surface area contributed by atoms with Crippen LogP contribution < -0.4 is 4.74 Å². The van der Waals surface area contributed by atoms with Crippen molar-refractivity contribution in [2.75, 3.05) is 12.9 Å². The molecule has 0 fully saturated rings. The minimum absolute atomic E-state index is 0.130. The Morgan fingerprint density at radius 1 is 1.19 bits per heavy atom. The molecule has 2 aromatic rings. The molecule has 0 unspecified atom stereocenters. The van der Waals surface area contributed by atoms with Gasteiger partial charge >= 0.3 is 0 Å². The lowest BCUT2D eigenvalue weighted by Crippen LogP contribution is -2.30. The van der Waals surface area contributed by atoms with Crippen molar-refractivity contribution in [1.82, 2.24) is 4.90 Å². The zero-order valence-corrected chi connectivity index (χ0v) is 15.8. The monoisotopic (exact) mass is 377 g/mol. The van der Waals surface area contributed by atoms with Crippen molar-refractivity contribution in [3.05, 3.63) is 71.4 Å². The number of nitrogens with zero attached hydrogens (tertiary/aromatic N) is 3. The molecule has 0 saturated carbocycles. The molecule has 0 aromatic heterocycles. The molecule has 3 rings (SSSR count). The molecule has 1 amide bonds. The molecule has 2 aromatic carbocycles. The number of ether oxygens (including phenoxy) is 1. The Labute approximate surface area is 163 Å². The molecule has 27 heavy (non-hydrogen) atoms. The average Bonchev–Trinajstić information content (AvgIpc) is 2.99. The van der Waals surface area contributed by atoms with Crippen molar-refractivity contribution in [3.63, 3.8) is 0 Å². The van der Waals surface area contributed by atoms with E-state index in [1.165, 1.54) is 11.8 Å². The van der Waals surface area contributed by atoms with Crippen LogP contribution in [0.3, 0.4) is 0 Å². The van der Waals surface area contributed by atoms with Crippen LogP contribution >= 0.6 is 11.8 Å². The summed E-state index contributed by atoms with van der Waals surface area (Å²) in [6.07, 6.45) is 2.19. The lowest BCUT2D eigenvalue weighted by Gasteiger charge is -2.17. The summed E-state index contributed by atoms with van der Waals surface area (Å²) in [5.74, 6) is 1.23. The lowest BCUT2D eigenvalue weighted by atomic mass is 10.1. The second-order valence-corrected chi connectivity index (χ2v) is 6.89. The molecule has 0 saturated heterocycles. The summed E-state index contributed by atoms with van der Waals surface area (Å²) in [7, 11) is 1.62. The molecule has 136 valence electrons. The standard InChI is InChI=1S/C21H19N3O2S/c1-26-18-10-8-16(9-11-18)14-19-20(25)24(15-17-6-3-2-4-7-17)21(23-19)27-13-5-12-22/h2-4,6-11,14H,5,13,15H2,1H3/b19-14-. The predicted octanol–water partition coefficient (Wildman–Crippen LogP) is 4.08. The van der Waals surface area contributed by atoms with Crippen LogP contribution in [0, 0.1) is 11.3 Å². The topological polar surface area (TPSA) is 65.7 Å². The molecule has 0 bridgehead atoms. The van der Waals surface area contributed by atoms with Gasteiger partial charge in [-0.3, -0.25) is 9.69 Å². The summed E-state index contributed by atoms with van der Waals surface area (Å²) in [4.78, 5) is 19.1. The second-order valence-electron chi connectivity index (χ2n) is 5.83. The van der Waals surface area contributed by atoms with Crippen LogP contribution in [0.4, 0.5) is 0 Å². The Hall–Kier alpha value is -3.04. The van der Waals surface area contributed by atoms with Gasteiger partial charge in [0.2, 0.25) is 0 Å². The molecule has 5 nitrogen and oxygen atoms in total. The van der Waals surface area contributed by atoms with E-state index in [4.69, 9.17) is 10.00 Å². The number of amidine groups is 1. The van der Waals surface area contributed by atoms with Gasteiger partial charge in [-0.1, -0.05) is 54.2 Å². The summed E-state index contributed by atoms with van der Waals surface area (Å²) < 4.78 is 5.16. The molecule has 0 atom stereocenters. The fourth-order valence-corrected chi connectivity index (χ4v) is 3.43. The fraction of sp³-hybridized carbons (Fsp3) is 0.190. The number of nitriles is 1. The van der Waals surface area contributed by atoms with Crippen LogP contribution in [0.15, 0.2) is 65.3 Å². The maximum Gasteiger partial charge on any atom is 0.278 e. The number of thioether (sulfide) groups is 1. The van der Waals surface area contributed by atoms with Gasteiger partial charge in [0.05, 0.1) is 19.7 Å². The van der Waals surface area contributed by atoms with Gasteiger partial charge in [0, 0.05) is 12.2 Å². The smallest absolute Gasteiger partial charge is 0.278 e. The van der Waals surface area contributed by atoms with Crippen LogP contribution in [-0.4, -0.2) is 28.8 Å². The van der Waals surface area contributed by atoms with Gasteiger partial charge in [-0.05, 0) is 29.3 Å². The first-order valence-corrected chi connectivity index (χ1v) is 9.50. The van der Waals surface area contributed by atoms with Crippen LogP contribution in [-0.2, 0) is 11.3 Å². The van der Waals surface area contributed by atoms with Crippen molar-refractivity contribution in [1.29, 1.82) is 5.26 Å². The number of hydrogen-bond acceptors (Lipinski definition) is 5. The molecule has 0 aliphatic carbocycles. The van der Waals surface area contributed by atoms with Crippen LogP contribution in [0.5, 0.6) is 5.75 Å². The summed E-state index contributed by atoms with van der Waals surface area (Å²) in [5, 5.41) is 9.42. The SMILES string of the molecule is COc1ccc(/C=C2\N=C(SCCC#N)N(Cc3ccccc3)C2=O)cc1. The van der Waals surface area contributed by atoms with E-state index in [2.05, 4.69) is 11.1 Å². The van der Waals surface area contributed by atoms with E-state index in [1.54, 1.807) is 18.1 Å². The molecule has 1 aliphatic rings. The summed E-state index contributed by atoms with van der Waals surface area (Å²) in [6, 6.07) is 19.4. The van der Waals surface area contributed by atoms with Gasteiger partial charge in [0.1, 0.15) is 11.4 Å². The summed E-state index contributed by atoms with van der Waals surface area (Å²) in [6.45, 7) is 0.456. The Morgan fingerprint density at radius 2 is 1.93 bits per heavy atom. The van der Waals surface area contributed by atoms with Gasteiger partial charge in [-0.25, -0.2) is 4.99 Å². The molecule has 1 heterocycles. The van der Waals surface area contributed by atoms with E-state index in [0.29, 0.717) is 29.6 Å². The van der Waals surface area contributed by atoms with Gasteiger partial charge < -0.3 is 4.74 Å². The number of carbonyl (C=O) groups is 1. The van der Waals surface area contributed by atoms with Crippen LogP contribution in [0.25, 0.3) is 6.08 Å². The van der Waals surface area contributed by atoms with Crippen molar-refractivity contribution < 1.29 is 9.53 Å². The molecule has 0 N–H and O–H groups in total. The Balaban J connectivity index is 1.84. The van der Waals surface area contributed by atoms with Crippen molar-refractivity contribution in [2.45, 2.75) is 13.0 Å². The van der Waals surface area contributed by atoms with E-state index in [-0.39, 0.29) is 5.91 Å². The number of methoxy groups -OCH3 is 1. The molecular formula is C21H19N3O2S. The van der Waals surface area contributed by atoms with E-state index in [1.807, 2.05) is 54.6 Å². The first-order chi connectivity index (χ1) is 13.2. The first-order valence-electron chi connectivity index (χ1n) is 8.51. The number of aliphatic imine (C=N–C) groups is 1. The predicted molar refractivity (Wildman–Crippen MR) is 108 cm³/mol. The third-order valence-corrected chi connectivity index (χ3v) is 4.94. The molecule has 6 heteroatoms. The Bertz CT molecular complexity index is 899. The third kappa shape index (κ3) is 4.78. The fourth-order valence-electron chi connectivity index (χ4n) is 2.59.